The van der Waals surface area contributed by atoms with Crippen molar-refractivity contribution in [3.63, 3.8) is 0 Å². The second kappa shape index (κ2) is 11.8. The SMILES string of the molecule is CNC(=O)c1ccc(/C=C/N(C)C)c([N+](=O)[O-])c1.CNC(=O)c1ccc(C)c([N+](=O)[O-])c1. The number of nitrogens with one attached hydrogen (secondary N) is 2. The van der Waals surface area contributed by atoms with Gasteiger partial charge >= 0.3 is 0 Å². The van der Waals surface area contributed by atoms with E-state index in [9.17, 15) is 29.8 Å². The standard InChI is InChI=1S/C12H15N3O3.C9H10N2O3/c1-13-12(16)10-5-4-9(6-7-14(2)3)11(8-10)15(17)18;1-6-3-4-7(9(12)10-2)5-8(6)11(13)14/h4-8H,1-3H3,(H,13,16);3-5H,1-2H3,(H,10,12)/b7-6+;. The Hall–Kier alpha value is -4.28. The molecule has 0 aliphatic heterocycles. The maximum Gasteiger partial charge on any atom is 0.277 e. The Morgan fingerprint density at radius 1 is 0.875 bits per heavy atom. The molecule has 2 rings (SSSR count). The van der Waals surface area contributed by atoms with Crippen LogP contribution in [0.15, 0.2) is 42.6 Å². The summed E-state index contributed by atoms with van der Waals surface area (Å²) in [6, 6.07) is 8.77. The molecule has 0 spiro atoms. The summed E-state index contributed by atoms with van der Waals surface area (Å²) >= 11 is 0. The number of amides is 2. The van der Waals surface area contributed by atoms with Crippen LogP contribution in [-0.2, 0) is 0 Å². The van der Waals surface area contributed by atoms with Crippen molar-refractivity contribution >= 4 is 29.3 Å². The molecule has 11 nitrogen and oxygen atoms in total. The summed E-state index contributed by atoms with van der Waals surface area (Å²) in [6.45, 7) is 1.63. The van der Waals surface area contributed by atoms with E-state index in [1.807, 2.05) is 14.1 Å². The minimum atomic E-state index is -0.498. The van der Waals surface area contributed by atoms with Crippen molar-refractivity contribution in [2.24, 2.45) is 0 Å². The Balaban J connectivity index is 0.000000330. The van der Waals surface area contributed by atoms with E-state index in [2.05, 4.69) is 10.6 Å². The topological polar surface area (TPSA) is 148 Å². The summed E-state index contributed by atoms with van der Waals surface area (Å²) in [4.78, 5) is 44.9. The van der Waals surface area contributed by atoms with Gasteiger partial charge in [0.2, 0.25) is 0 Å². The number of carbonyl (C=O) groups is 2. The summed E-state index contributed by atoms with van der Waals surface area (Å²) in [7, 11) is 6.60. The Morgan fingerprint density at radius 2 is 1.34 bits per heavy atom. The molecule has 0 bridgehead atoms. The van der Waals surface area contributed by atoms with E-state index in [-0.39, 0.29) is 28.8 Å². The van der Waals surface area contributed by atoms with Crippen molar-refractivity contribution in [1.82, 2.24) is 15.5 Å². The third-order valence-electron chi connectivity index (χ3n) is 4.16. The molecular formula is C21H25N5O6. The Bertz CT molecular complexity index is 1050. The smallest absolute Gasteiger partial charge is 0.277 e. The molecule has 2 amide bonds. The minimum absolute atomic E-state index is 0.0360. The van der Waals surface area contributed by atoms with Crippen LogP contribution < -0.4 is 10.6 Å². The van der Waals surface area contributed by atoms with Gasteiger partial charge in [0.05, 0.1) is 15.4 Å². The van der Waals surface area contributed by atoms with Crippen molar-refractivity contribution in [3.05, 3.63) is 85.1 Å². The third kappa shape index (κ3) is 7.20. The lowest BCUT2D eigenvalue weighted by atomic mass is 10.1. The van der Waals surface area contributed by atoms with Crippen LogP contribution in [0.25, 0.3) is 6.08 Å². The van der Waals surface area contributed by atoms with Gasteiger partial charge in [-0.3, -0.25) is 29.8 Å². The average Bonchev–Trinajstić information content (AvgIpc) is 2.76. The summed E-state index contributed by atoms with van der Waals surface area (Å²) in [5.74, 6) is -0.672. The monoisotopic (exact) mass is 443 g/mol. The van der Waals surface area contributed by atoms with Gasteiger partial charge in [0.25, 0.3) is 23.2 Å². The van der Waals surface area contributed by atoms with Crippen LogP contribution in [-0.4, -0.2) is 54.8 Å². The van der Waals surface area contributed by atoms with Crippen LogP contribution >= 0.6 is 0 Å². The number of aryl methyl sites for hydroxylation is 1. The molecule has 0 fully saturated rings. The van der Waals surface area contributed by atoms with Crippen LogP contribution in [0.1, 0.15) is 31.8 Å². The molecule has 0 aromatic heterocycles. The van der Waals surface area contributed by atoms with Crippen LogP contribution in [0.5, 0.6) is 0 Å². The van der Waals surface area contributed by atoms with E-state index in [1.165, 1.54) is 26.2 Å². The lowest BCUT2D eigenvalue weighted by Crippen LogP contribution is -2.17. The van der Waals surface area contributed by atoms with Crippen LogP contribution in [0.4, 0.5) is 11.4 Å². The quantitative estimate of drug-likeness (QED) is 0.515. The van der Waals surface area contributed by atoms with E-state index in [4.69, 9.17) is 0 Å². The van der Waals surface area contributed by atoms with Gasteiger partial charge in [-0.1, -0.05) is 6.07 Å². The van der Waals surface area contributed by atoms with Crippen LogP contribution in [0.3, 0.4) is 0 Å². The zero-order valence-electron chi connectivity index (χ0n) is 18.4. The zero-order valence-corrected chi connectivity index (χ0v) is 18.4. The van der Waals surface area contributed by atoms with E-state index in [0.29, 0.717) is 16.7 Å². The summed E-state index contributed by atoms with van der Waals surface area (Å²) in [6.07, 6.45) is 3.34. The molecule has 11 heteroatoms. The molecule has 0 unspecified atom stereocenters. The van der Waals surface area contributed by atoms with E-state index in [0.717, 1.165) is 0 Å². The highest BCUT2D eigenvalue weighted by molar-refractivity contribution is 5.95. The fraction of sp³-hybridized carbons (Fsp3) is 0.238. The molecule has 0 radical (unpaired) electrons. The van der Waals surface area contributed by atoms with Gasteiger partial charge in [0.1, 0.15) is 0 Å². The molecule has 2 aromatic rings. The van der Waals surface area contributed by atoms with Crippen molar-refractivity contribution in [1.29, 1.82) is 0 Å². The van der Waals surface area contributed by atoms with Crippen LogP contribution in [0, 0.1) is 27.2 Å². The first kappa shape index (κ1) is 25.8. The summed E-state index contributed by atoms with van der Waals surface area (Å²) in [5, 5.41) is 26.3. The Labute approximate surface area is 185 Å². The average molecular weight is 443 g/mol. The van der Waals surface area contributed by atoms with Crippen molar-refractivity contribution in [2.45, 2.75) is 6.92 Å². The molecule has 0 aliphatic carbocycles. The number of nitrogens with zero attached hydrogens (tertiary/aromatic N) is 3. The first-order valence-corrected chi connectivity index (χ1v) is 9.34. The van der Waals surface area contributed by atoms with E-state index in [1.54, 1.807) is 48.4 Å². The number of nitro groups is 2. The van der Waals surface area contributed by atoms with Gasteiger partial charge in [-0.2, -0.15) is 0 Å². The number of carbonyl (C=O) groups excluding carboxylic acids is 2. The van der Waals surface area contributed by atoms with Gasteiger partial charge in [0.15, 0.2) is 0 Å². The molecule has 2 aromatic carbocycles. The van der Waals surface area contributed by atoms with Gasteiger partial charge in [-0.05, 0) is 37.4 Å². The normalized spacial score (nSPS) is 10.0. The number of hydrogen-bond acceptors (Lipinski definition) is 7. The zero-order chi connectivity index (χ0) is 24.4. The second-order valence-corrected chi connectivity index (χ2v) is 6.73. The number of rotatable bonds is 6. The third-order valence-corrected chi connectivity index (χ3v) is 4.16. The highest BCUT2D eigenvalue weighted by Gasteiger charge is 2.15. The molecule has 0 atom stereocenters. The fourth-order valence-corrected chi connectivity index (χ4v) is 2.45. The fourth-order valence-electron chi connectivity index (χ4n) is 2.45. The van der Waals surface area contributed by atoms with Gasteiger partial charge < -0.3 is 15.5 Å². The first-order valence-electron chi connectivity index (χ1n) is 9.34. The predicted molar refractivity (Wildman–Crippen MR) is 120 cm³/mol. The van der Waals surface area contributed by atoms with Crippen molar-refractivity contribution < 1.29 is 19.4 Å². The molecule has 0 saturated heterocycles. The molecule has 0 heterocycles. The van der Waals surface area contributed by atoms with E-state index < -0.39 is 9.85 Å². The number of nitro benzene ring substituents is 2. The molecule has 0 saturated carbocycles. The highest BCUT2D eigenvalue weighted by Crippen LogP contribution is 2.22. The summed E-state index contributed by atoms with van der Waals surface area (Å²) < 4.78 is 0. The maximum absolute atomic E-state index is 11.4. The number of benzene rings is 2. The van der Waals surface area contributed by atoms with Crippen molar-refractivity contribution in [2.75, 3.05) is 28.2 Å². The Morgan fingerprint density at radius 3 is 1.78 bits per heavy atom. The first-order chi connectivity index (χ1) is 15.0. The second-order valence-electron chi connectivity index (χ2n) is 6.73. The van der Waals surface area contributed by atoms with Crippen LogP contribution in [0.2, 0.25) is 0 Å². The van der Waals surface area contributed by atoms with Gasteiger partial charge in [-0.15, -0.1) is 0 Å². The van der Waals surface area contributed by atoms with Gasteiger partial charge in [-0.25, -0.2) is 0 Å². The maximum atomic E-state index is 11.4. The molecule has 0 aliphatic rings. The lowest BCUT2D eigenvalue weighted by Gasteiger charge is -2.05. The largest absolute Gasteiger partial charge is 0.383 e. The molecular weight excluding hydrogens is 418 g/mol. The minimum Gasteiger partial charge on any atom is -0.383 e. The highest BCUT2D eigenvalue weighted by atomic mass is 16.6. The van der Waals surface area contributed by atoms with E-state index >= 15 is 0 Å². The summed E-state index contributed by atoms with van der Waals surface area (Å²) in [5.41, 5.74) is 1.44. The predicted octanol–water partition coefficient (Wildman–Crippen LogP) is 2.75. The van der Waals surface area contributed by atoms with Gasteiger partial charge in [0, 0.05) is 57.0 Å². The number of hydrogen-bond donors (Lipinski definition) is 2. The molecule has 32 heavy (non-hydrogen) atoms. The Kier molecular flexibility index (Phi) is 9.49. The lowest BCUT2D eigenvalue weighted by molar-refractivity contribution is -0.385. The van der Waals surface area contributed by atoms with Crippen molar-refractivity contribution in [3.8, 4) is 0 Å². The molecule has 170 valence electrons. The molecule has 2 N–H and O–H groups in total.